The van der Waals surface area contributed by atoms with Gasteiger partial charge in [0.05, 0.1) is 6.20 Å². The third kappa shape index (κ3) is 2.44. The highest BCUT2D eigenvalue weighted by atomic mass is 32.1. The number of rotatable bonds is 2. The fraction of sp³-hybridized carbons (Fsp3) is 0.600. The third-order valence-corrected chi connectivity index (χ3v) is 3.64. The molecule has 2 unspecified atom stereocenters. The molecule has 1 aromatic heterocycles. The Morgan fingerprint density at radius 3 is 2.94 bits per heavy atom. The number of carboxylic acid groups (broad SMARTS) is 1. The summed E-state index contributed by atoms with van der Waals surface area (Å²) in [4.78, 5) is 25.0. The Labute approximate surface area is 102 Å². The molecular weight excluding hydrogens is 242 g/mol. The lowest BCUT2D eigenvalue weighted by Crippen LogP contribution is -2.49. The molecule has 0 aromatic carbocycles. The maximum Gasteiger partial charge on any atom is 0.326 e. The van der Waals surface area contributed by atoms with Crippen molar-refractivity contribution in [2.45, 2.75) is 25.8 Å². The number of aromatic nitrogens is 2. The van der Waals surface area contributed by atoms with Gasteiger partial charge in [-0.2, -0.15) is 0 Å². The van der Waals surface area contributed by atoms with Gasteiger partial charge in [-0.15, -0.1) is 5.10 Å². The fourth-order valence-electron chi connectivity index (χ4n) is 2.02. The zero-order valence-corrected chi connectivity index (χ0v) is 10.2. The highest BCUT2D eigenvalue weighted by Gasteiger charge is 2.35. The topological polar surface area (TPSA) is 83.4 Å². The summed E-state index contributed by atoms with van der Waals surface area (Å²) in [5.41, 5.74) is 0. The molecule has 2 rings (SSSR count). The maximum absolute atomic E-state index is 12.1. The van der Waals surface area contributed by atoms with Crippen molar-refractivity contribution in [3.05, 3.63) is 11.1 Å². The summed E-state index contributed by atoms with van der Waals surface area (Å²) in [6.45, 7) is 2.49. The molecule has 92 valence electrons. The predicted molar refractivity (Wildman–Crippen MR) is 60.8 cm³/mol. The van der Waals surface area contributed by atoms with Crippen molar-refractivity contribution in [3.63, 3.8) is 0 Å². The molecule has 1 fully saturated rings. The van der Waals surface area contributed by atoms with Crippen LogP contribution in [0.3, 0.4) is 0 Å². The number of nitrogens with zero attached hydrogens (tertiary/aromatic N) is 3. The van der Waals surface area contributed by atoms with Crippen molar-refractivity contribution < 1.29 is 14.7 Å². The Hall–Kier alpha value is -1.50. The largest absolute Gasteiger partial charge is 0.480 e. The van der Waals surface area contributed by atoms with Crippen LogP contribution >= 0.6 is 11.5 Å². The molecule has 2 heterocycles. The molecule has 1 saturated heterocycles. The maximum atomic E-state index is 12.1. The summed E-state index contributed by atoms with van der Waals surface area (Å²) >= 11 is 0.994. The SMILES string of the molecule is CC1CCN(C(=O)c2cnns2)C(C(=O)O)C1. The molecule has 7 heteroatoms. The van der Waals surface area contributed by atoms with Crippen LogP contribution in [0.4, 0.5) is 0 Å². The minimum Gasteiger partial charge on any atom is -0.480 e. The van der Waals surface area contributed by atoms with Crippen LogP contribution in [0.5, 0.6) is 0 Å². The van der Waals surface area contributed by atoms with Crippen LogP contribution in [-0.4, -0.2) is 44.1 Å². The molecule has 6 nitrogen and oxygen atoms in total. The van der Waals surface area contributed by atoms with E-state index in [-0.39, 0.29) is 5.91 Å². The summed E-state index contributed by atoms with van der Waals surface area (Å²) in [7, 11) is 0. The first-order valence-electron chi connectivity index (χ1n) is 5.40. The molecule has 0 radical (unpaired) electrons. The van der Waals surface area contributed by atoms with E-state index in [0.29, 0.717) is 23.8 Å². The van der Waals surface area contributed by atoms with E-state index in [1.807, 2.05) is 6.92 Å². The van der Waals surface area contributed by atoms with E-state index in [1.165, 1.54) is 11.1 Å². The van der Waals surface area contributed by atoms with Gasteiger partial charge in [-0.05, 0) is 30.3 Å². The van der Waals surface area contributed by atoms with Gasteiger partial charge in [-0.1, -0.05) is 11.4 Å². The quantitative estimate of drug-likeness (QED) is 0.847. The van der Waals surface area contributed by atoms with Gasteiger partial charge in [0.2, 0.25) is 0 Å². The summed E-state index contributed by atoms with van der Waals surface area (Å²) in [5.74, 6) is -0.888. The van der Waals surface area contributed by atoms with Crippen LogP contribution in [0.15, 0.2) is 6.20 Å². The molecule has 0 saturated carbocycles. The number of piperidine rings is 1. The van der Waals surface area contributed by atoms with Crippen LogP contribution in [0, 0.1) is 5.92 Å². The molecule has 17 heavy (non-hydrogen) atoms. The van der Waals surface area contributed by atoms with Crippen LogP contribution in [-0.2, 0) is 4.79 Å². The van der Waals surface area contributed by atoms with Crippen LogP contribution in [0.25, 0.3) is 0 Å². The molecule has 1 N–H and O–H groups in total. The molecule has 2 atom stereocenters. The molecule has 1 aromatic rings. The van der Waals surface area contributed by atoms with E-state index < -0.39 is 12.0 Å². The number of amides is 1. The van der Waals surface area contributed by atoms with Crippen molar-refractivity contribution in [3.8, 4) is 0 Å². The van der Waals surface area contributed by atoms with Gasteiger partial charge in [0.25, 0.3) is 5.91 Å². The number of hydrogen-bond acceptors (Lipinski definition) is 5. The monoisotopic (exact) mass is 255 g/mol. The lowest BCUT2D eigenvalue weighted by atomic mass is 9.92. The first-order chi connectivity index (χ1) is 8.09. The number of carbonyl (C=O) groups excluding carboxylic acids is 1. The summed E-state index contributed by atoms with van der Waals surface area (Å²) in [5, 5.41) is 12.7. The molecule has 0 spiro atoms. The predicted octanol–water partition coefficient (Wildman–Crippen LogP) is 0.863. The lowest BCUT2D eigenvalue weighted by Gasteiger charge is -2.35. The number of likely N-dealkylation sites (tertiary alicyclic amines) is 1. The second-order valence-corrected chi connectivity index (χ2v) is 5.05. The van der Waals surface area contributed by atoms with E-state index in [4.69, 9.17) is 5.11 Å². The molecule has 0 aliphatic carbocycles. The van der Waals surface area contributed by atoms with Gasteiger partial charge in [0.15, 0.2) is 0 Å². The zero-order chi connectivity index (χ0) is 12.4. The molecule has 1 aliphatic rings. The van der Waals surface area contributed by atoms with Crippen LogP contribution in [0.1, 0.15) is 29.4 Å². The Morgan fingerprint density at radius 2 is 2.35 bits per heavy atom. The number of aliphatic carboxylic acids is 1. The standard InChI is InChI=1S/C10H13N3O3S/c1-6-2-3-13(7(4-6)10(15)16)9(14)8-5-11-12-17-8/h5-7H,2-4H2,1H3,(H,15,16). The molecular formula is C10H13N3O3S. The van der Waals surface area contributed by atoms with E-state index in [0.717, 1.165) is 18.0 Å². The number of carbonyl (C=O) groups is 2. The summed E-state index contributed by atoms with van der Waals surface area (Å²) in [6, 6.07) is -0.728. The second-order valence-electron chi connectivity index (χ2n) is 4.26. The van der Waals surface area contributed by atoms with Gasteiger partial charge in [0, 0.05) is 6.54 Å². The van der Waals surface area contributed by atoms with E-state index in [2.05, 4.69) is 9.59 Å². The van der Waals surface area contributed by atoms with E-state index in [9.17, 15) is 9.59 Å². The summed E-state index contributed by atoms with van der Waals surface area (Å²) < 4.78 is 3.62. The van der Waals surface area contributed by atoms with E-state index >= 15 is 0 Å². The molecule has 1 amide bonds. The lowest BCUT2D eigenvalue weighted by molar-refractivity contribution is -0.144. The number of hydrogen-bond donors (Lipinski definition) is 1. The van der Waals surface area contributed by atoms with Crippen molar-refractivity contribution in [2.75, 3.05) is 6.54 Å². The number of carboxylic acids is 1. The van der Waals surface area contributed by atoms with E-state index in [1.54, 1.807) is 0 Å². The Kier molecular flexibility index (Phi) is 3.37. The van der Waals surface area contributed by atoms with Gasteiger partial charge in [-0.3, -0.25) is 4.79 Å². The molecule has 0 bridgehead atoms. The third-order valence-electron chi connectivity index (χ3n) is 2.98. The van der Waals surface area contributed by atoms with Gasteiger partial charge in [0.1, 0.15) is 10.9 Å². The average Bonchev–Trinajstić information content (AvgIpc) is 2.81. The first kappa shape index (κ1) is 12.0. The van der Waals surface area contributed by atoms with Crippen molar-refractivity contribution in [1.29, 1.82) is 0 Å². The first-order valence-corrected chi connectivity index (χ1v) is 6.18. The van der Waals surface area contributed by atoms with Crippen LogP contribution < -0.4 is 0 Å². The Morgan fingerprint density at radius 1 is 1.59 bits per heavy atom. The average molecular weight is 255 g/mol. The fourth-order valence-corrected chi connectivity index (χ4v) is 2.49. The minimum atomic E-state index is -0.942. The van der Waals surface area contributed by atoms with Crippen molar-refractivity contribution in [1.82, 2.24) is 14.5 Å². The Bertz CT molecular complexity index is 420. The smallest absolute Gasteiger partial charge is 0.326 e. The second kappa shape index (κ2) is 4.79. The van der Waals surface area contributed by atoms with Crippen LogP contribution in [0.2, 0.25) is 0 Å². The highest BCUT2D eigenvalue weighted by molar-refractivity contribution is 7.07. The van der Waals surface area contributed by atoms with Gasteiger partial charge in [-0.25, -0.2) is 4.79 Å². The normalized spacial score (nSPS) is 24.6. The van der Waals surface area contributed by atoms with Gasteiger partial charge < -0.3 is 10.0 Å². The Balaban J connectivity index is 2.18. The summed E-state index contributed by atoms with van der Waals surface area (Å²) in [6.07, 6.45) is 2.72. The van der Waals surface area contributed by atoms with Crippen molar-refractivity contribution in [2.24, 2.45) is 5.92 Å². The highest BCUT2D eigenvalue weighted by Crippen LogP contribution is 2.24. The minimum absolute atomic E-state index is 0.278. The van der Waals surface area contributed by atoms with Crippen molar-refractivity contribution >= 4 is 23.4 Å². The van der Waals surface area contributed by atoms with Gasteiger partial charge >= 0.3 is 5.97 Å². The zero-order valence-electron chi connectivity index (χ0n) is 9.37. The molecule has 1 aliphatic heterocycles.